The van der Waals surface area contributed by atoms with Crippen molar-refractivity contribution in [3.63, 3.8) is 0 Å². The van der Waals surface area contributed by atoms with Crippen molar-refractivity contribution in [2.75, 3.05) is 10.7 Å². The maximum Gasteiger partial charge on any atom is 0.224 e. The third-order valence-electron chi connectivity index (χ3n) is 3.86. The van der Waals surface area contributed by atoms with Crippen molar-refractivity contribution in [3.05, 3.63) is 42.0 Å². The average molecular weight is 299 g/mol. The number of anilines is 1. The number of fused-ring (bicyclic) bond motifs is 3. The van der Waals surface area contributed by atoms with E-state index in [4.69, 9.17) is 0 Å². The van der Waals surface area contributed by atoms with Gasteiger partial charge in [-0.3, -0.25) is 9.59 Å². The van der Waals surface area contributed by atoms with Crippen molar-refractivity contribution in [3.8, 4) is 0 Å². The summed E-state index contributed by atoms with van der Waals surface area (Å²) in [6.07, 6.45) is 0.819. The summed E-state index contributed by atoms with van der Waals surface area (Å²) in [6, 6.07) is 12.4. The van der Waals surface area contributed by atoms with Crippen LogP contribution in [0.4, 0.5) is 5.69 Å². The minimum Gasteiger partial charge on any atom is -0.308 e. The fourth-order valence-electron chi connectivity index (χ4n) is 3.04. The van der Waals surface area contributed by atoms with Crippen molar-refractivity contribution >= 4 is 39.2 Å². The lowest BCUT2D eigenvalue weighted by Crippen LogP contribution is -2.38. The fourth-order valence-corrected chi connectivity index (χ4v) is 3.73. The summed E-state index contributed by atoms with van der Waals surface area (Å²) >= 11 is 1.29. The highest BCUT2D eigenvalue weighted by atomic mass is 32.2. The Bertz CT molecular complexity index is 726. The summed E-state index contributed by atoms with van der Waals surface area (Å²) < 4.78 is 0. The molecule has 1 aliphatic heterocycles. The zero-order chi connectivity index (χ0) is 15.0. The summed E-state index contributed by atoms with van der Waals surface area (Å²) in [5.41, 5.74) is 2.22. The van der Waals surface area contributed by atoms with Crippen LogP contribution < -0.4 is 4.90 Å². The number of nitrogens with zero attached hydrogens (tertiary/aromatic N) is 1. The first kappa shape index (κ1) is 14.1. The lowest BCUT2D eigenvalue weighted by atomic mass is 10.0. The number of rotatable bonds is 2. The monoisotopic (exact) mass is 299 g/mol. The highest BCUT2D eigenvalue weighted by Gasteiger charge is 2.33. The Balaban J connectivity index is 2.06. The molecule has 1 heterocycles. The van der Waals surface area contributed by atoms with Crippen LogP contribution in [-0.4, -0.2) is 22.8 Å². The van der Waals surface area contributed by atoms with Gasteiger partial charge >= 0.3 is 0 Å². The molecule has 2 aromatic carbocycles. The summed E-state index contributed by atoms with van der Waals surface area (Å²) in [4.78, 5) is 25.2. The van der Waals surface area contributed by atoms with Crippen molar-refractivity contribution in [2.24, 2.45) is 0 Å². The summed E-state index contributed by atoms with van der Waals surface area (Å²) in [7, 11) is 0. The zero-order valence-electron chi connectivity index (χ0n) is 12.1. The molecule has 1 unspecified atom stereocenters. The summed E-state index contributed by atoms with van der Waals surface area (Å²) in [5.74, 6) is 0.692. The SMILES string of the molecule is CC(=O)SCC1Cc2ccc3ccccc3c2N1C(C)=O. The molecule has 3 nitrogen and oxygen atoms in total. The van der Waals surface area contributed by atoms with Crippen molar-refractivity contribution in [1.29, 1.82) is 0 Å². The molecular weight excluding hydrogens is 282 g/mol. The van der Waals surface area contributed by atoms with Crippen LogP contribution in [0, 0.1) is 0 Å². The van der Waals surface area contributed by atoms with E-state index in [1.165, 1.54) is 17.3 Å². The van der Waals surface area contributed by atoms with Gasteiger partial charge in [-0.15, -0.1) is 0 Å². The number of hydrogen-bond donors (Lipinski definition) is 0. The second kappa shape index (κ2) is 5.53. The van der Waals surface area contributed by atoms with E-state index in [0.717, 1.165) is 22.9 Å². The third kappa shape index (κ3) is 2.56. The van der Waals surface area contributed by atoms with Gasteiger partial charge in [-0.2, -0.15) is 0 Å². The number of carbonyl (C=O) groups is 2. The first-order valence-corrected chi connectivity index (χ1v) is 8.00. The molecule has 0 N–H and O–H groups in total. The molecule has 1 amide bonds. The Hall–Kier alpha value is -1.81. The Morgan fingerprint density at radius 1 is 1.19 bits per heavy atom. The van der Waals surface area contributed by atoms with Gasteiger partial charge < -0.3 is 4.90 Å². The normalized spacial score (nSPS) is 17.0. The van der Waals surface area contributed by atoms with Gasteiger partial charge in [0.15, 0.2) is 5.12 Å². The fraction of sp³-hybridized carbons (Fsp3) is 0.294. The molecule has 0 saturated heterocycles. The number of hydrogen-bond acceptors (Lipinski definition) is 3. The molecule has 0 aromatic heterocycles. The standard InChI is InChI=1S/C17H17NO2S/c1-11(19)18-15(10-21-12(2)20)9-14-8-7-13-5-3-4-6-16(13)17(14)18/h3-8,15H,9-10H2,1-2H3. The van der Waals surface area contributed by atoms with Crippen LogP contribution in [0.15, 0.2) is 36.4 Å². The summed E-state index contributed by atoms with van der Waals surface area (Å²) in [5, 5.41) is 2.35. The number of carbonyl (C=O) groups excluding carboxylic acids is 2. The van der Waals surface area contributed by atoms with E-state index in [9.17, 15) is 9.59 Å². The highest BCUT2D eigenvalue weighted by Crippen LogP contribution is 2.39. The van der Waals surface area contributed by atoms with Crippen LogP contribution in [0.5, 0.6) is 0 Å². The van der Waals surface area contributed by atoms with Crippen LogP contribution in [0.2, 0.25) is 0 Å². The molecule has 0 saturated carbocycles. The molecule has 21 heavy (non-hydrogen) atoms. The molecule has 3 rings (SSSR count). The average Bonchev–Trinajstić information content (AvgIpc) is 2.84. The predicted molar refractivity (Wildman–Crippen MR) is 87.7 cm³/mol. The zero-order valence-corrected chi connectivity index (χ0v) is 12.9. The van der Waals surface area contributed by atoms with Crippen LogP contribution >= 0.6 is 11.8 Å². The van der Waals surface area contributed by atoms with E-state index in [1.807, 2.05) is 17.0 Å². The number of thioether (sulfide) groups is 1. The molecule has 0 aliphatic carbocycles. The molecule has 0 bridgehead atoms. The van der Waals surface area contributed by atoms with E-state index < -0.39 is 0 Å². The molecule has 1 aliphatic rings. The molecule has 2 aromatic rings. The van der Waals surface area contributed by atoms with Gasteiger partial charge in [0.2, 0.25) is 5.91 Å². The van der Waals surface area contributed by atoms with E-state index in [0.29, 0.717) is 5.75 Å². The third-order valence-corrected chi connectivity index (χ3v) is 4.82. The van der Waals surface area contributed by atoms with Gasteiger partial charge in [0, 0.05) is 25.0 Å². The maximum atomic E-state index is 12.1. The van der Waals surface area contributed by atoms with Gasteiger partial charge in [-0.05, 0) is 17.4 Å². The first-order valence-electron chi connectivity index (χ1n) is 7.01. The van der Waals surface area contributed by atoms with Gasteiger partial charge in [-0.25, -0.2) is 0 Å². The van der Waals surface area contributed by atoms with E-state index in [2.05, 4.69) is 24.3 Å². The van der Waals surface area contributed by atoms with Crippen molar-refractivity contribution < 1.29 is 9.59 Å². The molecular formula is C17H17NO2S. The molecule has 1 atom stereocenters. The lowest BCUT2D eigenvalue weighted by Gasteiger charge is -2.24. The van der Waals surface area contributed by atoms with Crippen molar-refractivity contribution in [1.82, 2.24) is 0 Å². The predicted octanol–water partition coefficient (Wildman–Crippen LogP) is 3.40. The first-order chi connectivity index (χ1) is 10.1. The summed E-state index contributed by atoms with van der Waals surface area (Å²) in [6.45, 7) is 3.17. The smallest absolute Gasteiger partial charge is 0.224 e. The van der Waals surface area contributed by atoms with Gasteiger partial charge in [-0.1, -0.05) is 48.2 Å². The Labute approximate surface area is 128 Å². The topological polar surface area (TPSA) is 37.4 Å². The number of benzene rings is 2. The highest BCUT2D eigenvalue weighted by molar-refractivity contribution is 8.13. The Morgan fingerprint density at radius 2 is 1.95 bits per heavy atom. The number of amides is 1. The van der Waals surface area contributed by atoms with Crippen LogP contribution in [0.1, 0.15) is 19.4 Å². The van der Waals surface area contributed by atoms with E-state index >= 15 is 0 Å². The molecule has 4 heteroatoms. The lowest BCUT2D eigenvalue weighted by molar-refractivity contribution is -0.116. The Morgan fingerprint density at radius 3 is 2.67 bits per heavy atom. The largest absolute Gasteiger partial charge is 0.308 e. The van der Waals surface area contributed by atoms with Gasteiger partial charge in [0.05, 0.1) is 11.7 Å². The van der Waals surface area contributed by atoms with Gasteiger partial charge in [0.1, 0.15) is 0 Å². The van der Waals surface area contributed by atoms with E-state index in [1.54, 1.807) is 13.8 Å². The molecule has 108 valence electrons. The molecule has 0 spiro atoms. The van der Waals surface area contributed by atoms with Crippen LogP contribution in [0.3, 0.4) is 0 Å². The maximum absolute atomic E-state index is 12.1. The molecule has 0 radical (unpaired) electrons. The van der Waals surface area contributed by atoms with Gasteiger partial charge in [0.25, 0.3) is 0 Å². The molecule has 0 fully saturated rings. The minimum absolute atomic E-state index is 0.0410. The second-order valence-corrected chi connectivity index (χ2v) is 6.54. The second-order valence-electron chi connectivity index (χ2n) is 5.34. The van der Waals surface area contributed by atoms with E-state index in [-0.39, 0.29) is 17.1 Å². The van der Waals surface area contributed by atoms with Crippen LogP contribution in [-0.2, 0) is 16.0 Å². The Kier molecular flexibility index (Phi) is 3.72. The van der Waals surface area contributed by atoms with Crippen molar-refractivity contribution in [2.45, 2.75) is 26.3 Å². The quantitative estimate of drug-likeness (QED) is 0.853. The van der Waals surface area contributed by atoms with Crippen LogP contribution in [0.25, 0.3) is 10.8 Å². The minimum atomic E-state index is 0.0410.